The Labute approximate surface area is 135 Å². The van der Waals surface area contributed by atoms with E-state index in [1.54, 1.807) is 12.1 Å². The van der Waals surface area contributed by atoms with Gasteiger partial charge in [-0.05, 0) is 23.6 Å². The van der Waals surface area contributed by atoms with E-state index in [4.69, 9.17) is 14.2 Å². The molecule has 0 aliphatic carbocycles. The maximum absolute atomic E-state index is 12.3. The highest BCUT2D eigenvalue weighted by Gasteiger charge is 2.39. The van der Waals surface area contributed by atoms with Gasteiger partial charge in [0.25, 0.3) is 5.91 Å². The summed E-state index contributed by atoms with van der Waals surface area (Å²) in [5.41, 5.74) is 0.715. The predicted octanol–water partition coefficient (Wildman–Crippen LogP) is 1.79. The second kappa shape index (κ2) is 6.76. The van der Waals surface area contributed by atoms with Crippen LogP contribution in [0.2, 0.25) is 0 Å². The highest BCUT2D eigenvalue weighted by molar-refractivity contribution is 6.04. The number of hydrogen-bond donors (Lipinski definition) is 1. The Morgan fingerprint density at radius 2 is 1.65 bits per heavy atom. The Balaban J connectivity index is 2.30. The molecule has 0 aromatic heterocycles. The third-order valence-electron chi connectivity index (χ3n) is 3.79. The molecule has 1 aromatic rings. The third-order valence-corrected chi connectivity index (χ3v) is 3.79. The van der Waals surface area contributed by atoms with Crippen molar-refractivity contribution in [3.63, 3.8) is 0 Å². The van der Waals surface area contributed by atoms with Gasteiger partial charge < -0.3 is 19.5 Å². The lowest BCUT2D eigenvalue weighted by atomic mass is 10.0. The summed E-state index contributed by atoms with van der Waals surface area (Å²) >= 11 is 0. The van der Waals surface area contributed by atoms with Crippen molar-refractivity contribution < 1.29 is 23.8 Å². The number of carbonyl (C=O) groups excluding carboxylic acids is 2. The summed E-state index contributed by atoms with van der Waals surface area (Å²) in [4.78, 5) is 25.6. The minimum Gasteiger partial charge on any atom is -0.493 e. The summed E-state index contributed by atoms with van der Waals surface area (Å²) in [7, 11) is 4.55. The lowest BCUT2D eigenvalue weighted by molar-refractivity contribution is -0.128. The average Bonchev–Trinajstić information content (AvgIpc) is 2.82. The molecule has 1 saturated heterocycles. The molecule has 1 fully saturated rings. The molecule has 23 heavy (non-hydrogen) atoms. The van der Waals surface area contributed by atoms with E-state index in [1.807, 2.05) is 13.8 Å². The minimum atomic E-state index is -0.482. The highest BCUT2D eigenvalue weighted by Crippen LogP contribution is 2.38. The molecular weight excluding hydrogens is 300 g/mol. The van der Waals surface area contributed by atoms with Gasteiger partial charge in [-0.25, -0.2) is 4.79 Å². The van der Waals surface area contributed by atoms with Crippen molar-refractivity contribution >= 4 is 11.9 Å². The molecule has 3 amide bonds. The Bertz CT molecular complexity index is 589. The molecule has 2 rings (SSSR count). The van der Waals surface area contributed by atoms with Crippen molar-refractivity contribution in [2.24, 2.45) is 5.92 Å². The number of imide groups is 1. The fourth-order valence-corrected chi connectivity index (χ4v) is 2.55. The van der Waals surface area contributed by atoms with Gasteiger partial charge in [0.2, 0.25) is 5.75 Å². The Morgan fingerprint density at radius 3 is 2.04 bits per heavy atom. The number of hydrogen-bond acceptors (Lipinski definition) is 5. The number of nitrogens with one attached hydrogen (secondary N) is 1. The number of amides is 3. The molecule has 7 nitrogen and oxygen atoms in total. The largest absolute Gasteiger partial charge is 0.493 e. The van der Waals surface area contributed by atoms with E-state index in [2.05, 4.69) is 5.32 Å². The third kappa shape index (κ3) is 3.18. The maximum atomic E-state index is 12.3. The van der Waals surface area contributed by atoms with Gasteiger partial charge in [0, 0.05) is 0 Å². The Kier molecular flexibility index (Phi) is 4.98. The molecule has 126 valence electrons. The van der Waals surface area contributed by atoms with Gasteiger partial charge in [-0.1, -0.05) is 13.8 Å². The summed E-state index contributed by atoms with van der Waals surface area (Å²) in [6, 6.07) is 2.59. The summed E-state index contributed by atoms with van der Waals surface area (Å²) in [5, 5.41) is 2.70. The van der Waals surface area contributed by atoms with E-state index in [0.717, 1.165) is 0 Å². The topological polar surface area (TPSA) is 77.1 Å². The Morgan fingerprint density at radius 1 is 1.09 bits per heavy atom. The van der Waals surface area contributed by atoms with E-state index in [0.29, 0.717) is 22.8 Å². The van der Waals surface area contributed by atoms with Crippen molar-refractivity contribution in [1.29, 1.82) is 0 Å². The number of methoxy groups -OCH3 is 3. The molecule has 1 N–H and O–H groups in total. The van der Waals surface area contributed by atoms with Crippen molar-refractivity contribution in [3.05, 3.63) is 17.7 Å². The van der Waals surface area contributed by atoms with E-state index in [9.17, 15) is 9.59 Å². The molecule has 1 aliphatic rings. The van der Waals surface area contributed by atoms with Crippen LogP contribution in [-0.4, -0.2) is 44.2 Å². The van der Waals surface area contributed by atoms with Crippen molar-refractivity contribution in [3.8, 4) is 17.2 Å². The van der Waals surface area contributed by atoms with Gasteiger partial charge in [0.1, 0.15) is 6.04 Å². The zero-order valence-electron chi connectivity index (χ0n) is 14.0. The number of rotatable bonds is 6. The second-order valence-electron chi connectivity index (χ2n) is 5.63. The van der Waals surface area contributed by atoms with Crippen LogP contribution in [0.1, 0.15) is 19.4 Å². The number of benzene rings is 1. The molecule has 7 heteroatoms. The minimum absolute atomic E-state index is 0.0383. The van der Waals surface area contributed by atoms with Crippen LogP contribution in [0.4, 0.5) is 4.79 Å². The van der Waals surface area contributed by atoms with Crippen LogP contribution < -0.4 is 19.5 Å². The maximum Gasteiger partial charge on any atom is 0.325 e. The molecule has 0 spiro atoms. The van der Waals surface area contributed by atoms with Crippen LogP contribution in [0.15, 0.2) is 12.1 Å². The molecule has 1 aromatic carbocycles. The smallest absolute Gasteiger partial charge is 0.325 e. The summed E-state index contributed by atoms with van der Waals surface area (Å²) < 4.78 is 15.8. The molecule has 1 heterocycles. The zero-order chi connectivity index (χ0) is 17.1. The molecule has 1 atom stereocenters. The SMILES string of the molecule is COc1cc(CN2C(=O)NC(C(C)C)C2=O)cc(OC)c1OC. The van der Waals surface area contributed by atoms with Crippen LogP contribution in [0.3, 0.4) is 0 Å². The molecular formula is C16H22N2O5. The van der Waals surface area contributed by atoms with E-state index in [1.165, 1.54) is 26.2 Å². The standard InChI is InChI=1S/C16H22N2O5/c1-9(2)13-15(19)18(16(20)17-13)8-10-6-11(21-3)14(23-5)12(7-10)22-4/h6-7,9,13H,8H2,1-5H3,(H,17,20). The number of urea groups is 1. The van der Waals surface area contributed by atoms with Gasteiger partial charge in [0.05, 0.1) is 27.9 Å². The van der Waals surface area contributed by atoms with Gasteiger partial charge in [0.15, 0.2) is 11.5 Å². The van der Waals surface area contributed by atoms with Crippen molar-refractivity contribution in [2.75, 3.05) is 21.3 Å². The lowest BCUT2D eigenvalue weighted by Crippen LogP contribution is -2.34. The fraction of sp³-hybridized carbons (Fsp3) is 0.500. The average molecular weight is 322 g/mol. The fourth-order valence-electron chi connectivity index (χ4n) is 2.55. The van der Waals surface area contributed by atoms with Gasteiger partial charge >= 0.3 is 6.03 Å². The first-order valence-electron chi connectivity index (χ1n) is 7.33. The van der Waals surface area contributed by atoms with Crippen molar-refractivity contribution in [2.45, 2.75) is 26.4 Å². The van der Waals surface area contributed by atoms with Crippen LogP contribution in [-0.2, 0) is 11.3 Å². The van der Waals surface area contributed by atoms with Crippen molar-refractivity contribution in [1.82, 2.24) is 10.2 Å². The molecule has 0 saturated carbocycles. The quantitative estimate of drug-likeness (QED) is 0.808. The van der Waals surface area contributed by atoms with E-state index < -0.39 is 6.04 Å². The summed E-state index contributed by atoms with van der Waals surface area (Å²) in [6.45, 7) is 3.93. The summed E-state index contributed by atoms with van der Waals surface area (Å²) in [6.07, 6.45) is 0. The first-order chi connectivity index (χ1) is 10.9. The Hall–Kier alpha value is -2.44. The summed E-state index contributed by atoms with van der Waals surface area (Å²) in [5.74, 6) is 1.25. The van der Waals surface area contributed by atoms with Crippen LogP contribution in [0.25, 0.3) is 0 Å². The number of nitrogens with zero attached hydrogens (tertiary/aromatic N) is 1. The van der Waals surface area contributed by atoms with Gasteiger partial charge in [-0.15, -0.1) is 0 Å². The highest BCUT2D eigenvalue weighted by atomic mass is 16.5. The molecule has 0 bridgehead atoms. The van der Waals surface area contributed by atoms with Crippen LogP contribution in [0, 0.1) is 5.92 Å². The van der Waals surface area contributed by atoms with E-state index in [-0.39, 0.29) is 24.4 Å². The monoisotopic (exact) mass is 322 g/mol. The predicted molar refractivity (Wildman–Crippen MR) is 83.8 cm³/mol. The normalized spacial score (nSPS) is 17.5. The lowest BCUT2D eigenvalue weighted by Gasteiger charge is -2.17. The van der Waals surface area contributed by atoms with Gasteiger partial charge in [-0.2, -0.15) is 0 Å². The van der Waals surface area contributed by atoms with E-state index >= 15 is 0 Å². The zero-order valence-corrected chi connectivity index (χ0v) is 14.0. The molecule has 0 radical (unpaired) electrons. The molecule has 1 unspecified atom stereocenters. The van der Waals surface area contributed by atoms with Crippen LogP contribution >= 0.6 is 0 Å². The molecule has 1 aliphatic heterocycles. The second-order valence-corrected chi connectivity index (χ2v) is 5.63. The number of ether oxygens (including phenoxy) is 3. The first kappa shape index (κ1) is 16.9. The van der Waals surface area contributed by atoms with Crippen LogP contribution in [0.5, 0.6) is 17.2 Å². The first-order valence-corrected chi connectivity index (χ1v) is 7.33. The van der Waals surface area contributed by atoms with Gasteiger partial charge in [-0.3, -0.25) is 9.69 Å². The number of carbonyl (C=O) groups is 2.